The van der Waals surface area contributed by atoms with Crippen LogP contribution in [-0.2, 0) is 14.9 Å². The van der Waals surface area contributed by atoms with Gasteiger partial charge in [0, 0.05) is 5.57 Å². The first-order chi connectivity index (χ1) is 7.39. The van der Waals surface area contributed by atoms with Gasteiger partial charge in [-0.2, -0.15) is 0 Å². The number of carbonyl (C=O) groups is 1. The first-order valence-corrected chi connectivity index (χ1v) is 5.38. The van der Waals surface area contributed by atoms with Gasteiger partial charge >= 0.3 is 5.97 Å². The van der Waals surface area contributed by atoms with Crippen LogP contribution in [0.15, 0.2) is 42.5 Å². The van der Waals surface area contributed by atoms with E-state index in [9.17, 15) is 4.79 Å². The molecule has 2 heteroatoms. The Bertz CT molecular complexity index is 445. The minimum absolute atomic E-state index is 0.295. The summed E-state index contributed by atoms with van der Waals surface area (Å²) in [5, 5.41) is 0. The lowest BCUT2D eigenvalue weighted by atomic mass is 9.68. The fourth-order valence-corrected chi connectivity index (χ4v) is 2.26. The Balaban J connectivity index is 2.60. The molecule has 0 saturated carbocycles. The number of hydrogen-bond donors (Lipinski definition) is 0. The van der Waals surface area contributed by atoms with E-state index >= 15 is 0 Å². The summed E-state index contributed by atoms with van der Waals surface area (Å²) in [6.45, 7) is 9.75. The lowest BCUT2D eigenvalue weighted by molar-refractivity contribution is -0.145. The second kappa shape index (κ2) is 3.21. The average Bonchev–Trinajstić information content (AvgIpc) is 2.41. The molecule has 84 valence electrons. The van der Waals surface area contributed by atoms with Crippen molar-refractivity contribution >= 4 is 5.97 Å². The number of carbonyl (C=O) groups excluding carboxylic acids is 1. The normalized spacial score (nSPS) is 27.9. The zero-order chi connectivity index (χ0) is 12.0. The summed E-state index contributed by atoms with van der Waals surface area (Å²) in [5.41, 5.74) is 0.591. The minimum atomic E-state index is -0.553. The predicted molar refractivity (Wildman–Crippen MR) is 63.1 cm³/mol. The van der Waals surface area contributed by atoms with Gasteiger partial charge in [-0.1, -0.05) is 36.9 Å². The molecule has 1 saturated heterocycles. The van der Waals surface area contributed by atoms with E-state index in [0.717, 1.165) is 5.56 Å². The topological polar surface area (TPSA) is 26.3 Å². The highest BCUT2D eigenvalue weighted by molar-refractivity contribution is 5.94. The van der Waals surface area contributed by atoms with Crippen molar-refractivity contribution in [2.45, 2.75) is 31.8 Å². The number of benzene rings is 1. The van der Waals surface area contributed by atoms with Gasteiger partial charge in [-0.25, -0.2) is 4.79 Å². The van der Waals surface area contributed by atoms with Gasteiger partial charge in [0.2, 0.25) is 0 Å². The maximum Gasteiger partial charge on any atom is 0.335 e. The maximum absolute atomic E-state index is 11.7. The Morgan fingerprint density at radius 3 is 2.12 bits per heavy atom. The average molecular weight is 216 g/mol. The summed E-state index contributed by atoms with van der Waals surface area (Å²) in [6, 6.07) is 9.91. The van der Waals surface area contributed by atoms with Gasteiger partial charge < -0.3 is 4.74 Å². The standard InChI is InChI=1S/C14H16O2/c1-10-12(15)16-13(2,3)14(10,4)11-8-6-5-7-9-11/h5-9H,1H2,2-4H3. The molecule has 0 aliphatic carbocycles. The summed E-state index contributed by atoms with van der Waals surface area (Å²) >= 11 is 0. The van der Waals surface area contributed by atoms with E-state index in [4.69, 9.17) is 4.74 Å². The number of esters is 1. The van der Waals surface area contributed by atoms with Crippen LogP contribution in [0.5, 0.6) is 0 Å². The molecule has 1 fully saturated rings. The molecule has 16 heavy (non-hydrogen) atoms. The number of ether oxygens (including phenoxy) is 1. The largest absolute Gasteiger partial charge is 0.455 e. The maximum atomic E-state index is 11.7. The molecule has 1 atom stereocenters. The molecular weight excluding hydrogens is 200 g/mol. The zero-order valence-electron chi connectivity index (χ0n) is 9.91. The first-order valence-electron chi connectivity index (χ1n) is 5.38. The van der Waals surface area contributed by atoms with Crippen LogP contribution in [0.4, 0.5) is 0 Å². The van der Waals surface area contributed by atoms with Crippen molar-refractivity contribution in [3.8, 4) is 0 Å². The predicted octanol–water partition coefficient (Wildman–Crippen LogP) is 2.84. The van der Waals surface area contributed by atoms with Crippen molar-refractivity contribution < 1.29 is 9.53 Å². The van der Waals surface area contributed by atoms with E-state index < -0.39 is 11.0 Å². The van der Waals surface area contributed by atoms with Crippen molar-refractivity contribution in [1.82, 2.24) is 0 Å². The Morgan fingerprint density at radius 1 is 1.12 bits per heavy atom. The van der Waals surface area contributed by atoms with Gasteiger partial charge in [-0.3, -0.25) is 0 Å². The van der Waals surface area contributed by atoms with Crippen LogP contribution in [0, 0.1) is 0 Å². The third-order valence-electron chi connectivity index (χ3n) is 3.75. The summed E-state index contributed by atoms with van der Waals surface area (Å²) in [7, 11) is 0. The molecule has 0 radical (unpaired) electrons. The molecule has 0 amide bonds. The van der Waals surface area contributed by atoms with Gasteiger partial charge in [0.1, 0.15) is 5.60 Å². The Labute approximate surface area is 95.9 Å². The Kier molecular flexibility index (Phi) is 2.19. The lowest BCUT2D eigenvalue weighted by Crippen LogP contribution is -2.41. The summed E-state index contributed by atoms with van der Waals surface area (Å²) in [4.78, 5) is 11.7. The number of hydrogen-bond acceptors (Lipinski definition) is 2. The van der Waals surface area contributed by atoms with Crippen LogP contribution >= 0.6 is 0 Å². The SMILES string of the molecule is C=C1C(=O)OC(C)(C)C1(C)c1ccccc1. The van der Waals surface area contributed by atoms with Crippen LogP contribution < -0.4 is 0 Å². The molecule has 1 aliphatic rings. The molecule has 1 unspecified atom stereocenters. The van der Waals surface area contributed by atoms with Crippen molar-refractivity contribution in [2.75, 3.05) is 0 Å². The quantitative estimate of drug-likeness (QED) is 0.533. The van der Waals surface area contributed by atoms with Crippen LogP contribution in [0.25, 0.3) is 0 Å². The number of rotatable bonds is 1. The number of cyclic esters (lactones) is 1. The van der Waals surface area contributed by atoms with Gasteiger partial charge in [0.25, 0.3) is 0 Å². The summed E-state index contributed by atoms with van der Waals surface area (Å²) in [5.74, 6) is -0.295. The zero-order valence-corrected chi connectivity index (χ0v) is 9.91. The first kappa shape index (κ1) is 10.9. The second-order valence-electron chi connectivity index (χ2n) is 4.87. The van der Waals surface area contributed by atoms with E-state index in [2.05, 4.69) is 6.58 Å². The van der Waals surface area contributed by atoms with Crippen molar-refractivity contribution in [3.05, 3.63) is 48.0 Å². The van der Waals surface area contributed by atoms with E-state index in [1.54, 1.807) is 0 Å². The van der Waals surface area contributed by atoms with Crippen LogP contribution in [-0.4, -0.2) is 11.6 Å². The van der Waals surface area contributed by atoms with Crippen LogP contribution in [0.2, 0.25) is 0 Å². The molecule has 1 heterocycles. The second-order valence-corrected chi connectivity index (χ2v) is 4.87. The highest BCUT2D eigenvalue weighted by Crippen LogP contribution is 2.48. The van der Waals surface area contributed by atoms with Crippen molar-refractivity contribution in [3.63, 3.8) is 0 Å². The lowest BCUT2D eigenvalue weighted by Gasteiger charge is -2.36. The molecule has 0 N–H and O–H groups in total. The Hall–Kier alpha value is -1.57. The molecule has 0 aromatic heterocycles. The minimum Gasteiger partial charge on any atom is -0.455 e. The highest BCUT2D eigenvalue weighted by Gasteiger charge is 2.55. The van der Waals surface area contributed by atoms with E-state index in [0.29, 0.717) is 5.57 Å². The highest BCUT2D eigenvalue weighted by atomic mass is 16.6. The molecule has 0 spiro atoms. The monoisotopic (exact) mass is 216 g/mol. The third kappa shape index (κ3) is 1.22. The summed E-state index contributed by atoms with van der Waals surface area (Å²) < 4.78 is 5.39. The smallest absolute Gasteiger partial charge is 0.335 e. The molecule has 1 aliphatic heterocycles. The fourth-order valence-electron chi connectivity index (χ4n) is 2.26. The van der Waals surface area contributed by atoms with Gasteiger partial charge in [-0.15, -0.1) is 0 Å². The molecular formula is C14H16O2. The van der Waals surface area contributed by atoms with Gasteiger partial charge in [0.05, 0.1) is 5.41 Å². The van der Waals surface area contributed by atoms with E-state index in [-0.39, 0.29) is 5.97 Å². The van der Waals surface area contributed by atoms with Gasteiger partial charge in [0.15, 0.2) is 0 Å². The third-order valence-corrected chi connectivity index (χ3v) is 3.75. The van der Waals surface area contributed by atoms with Crippen LogP contribution in [0.3, 0.4) is 0 Å². The molecule has 2 nitrogen and oxygen atoms in total. The molecule has 2 rings (SSSR count). The molecule has 0 bridgehead atoms. The van der Waals surface area contributed by atoms with Crippen molar-refractivity contribution in [2.24, 2.45) is 0 Å². The van der Waals surface area contributed by atoms with Gasteiger partial charge in [-0.05, 0) is 26.3 Å². The van der Waals surface area contributed by atoms with E-state index in [1.807, 2.05) is 51.1 Å². The van der Waals surface area contributed by atoms with Crippen molar-refractivity contribution in [1.29, 1.82) is 0 Å². The molecule has 1 aromatic carbocycles. The Morgan fingerprint density at radius 2 is 1.69 bits per heavy atom. The van der Waals surface area contributed by atoms with E-state index in [1.165, 1.54) is 0 Å². The summed E-state index contributed by atoms with van der Waals surface area (Å²) in [6.07, 6.45) is 0. The fraction of sp³-hybridized carbons (Fsp3) is 0.357. The molecule has 1 aromatic rings. The van der Waals surface area contributed by atoms with Crippen LogP contribution in [0.1, 0.15) is 26.3 Å².